The van der Waals surface area contributed by atoms with E-state index < -0.39 is 17.1 Å². The molecule has 1 aromatic carbocycles. The van der Waals surface area contributed by atoms with E-state index in [0.717, 1.165) is 11.6 Å². The normalized spacial score (nSPS) is 11.4. The van der Waals surface area contributed by atoms with Crippen molar-refractivity contribution in [2.45, 2.75) is 19.8 Å². The van der Waals surface area contributed by atoms with Crippen molar-refractivity contribution in [3.8, 4) is 0 Å². The molecule has 2 heterocycles. The molecule has 0 fully saturated rings. The minimum Gasteiger partial charge on any atom is -0.477 e. The molecule has 0 atom stereocenters. The summed E-state index contributed by atoms with van der Waals surface area (Å²) in [4.78, 5) is 37.6. The van der Waals surface area contributed by atoms with Gasteiger partial charge in [-0.2, -0.15) is 0 Å². The lowest BCUT2D eigenvalue weighted by Crippen LogP contribution is -2.19. The number of carbonyl (C=O) groups is 1. The van der Waals surface area contributed by atoms with Crippen molar-refractivity contribution in [2.75, 3.05) is 0 Å². The maximum atomic E-state index is 12.6. The monoisotopic (exact) mass is 299 g/mol. The number of aromatic carboxylic acids is 1. The van der Waals surface area contributed by atoms with E-state index >= 15 is 0 Å². The van der Waals surface area contributed by atoms with Crippen LogP contribution in [0, 0.1) is 0 Å². The Kier molecular flexibility index (Phi) is 3.09. The van der Waals surface area contributed by atoms with Crippen LogP contribution in [0.1, 0.15) is 35.7 Å². The van der Waals surface area contributed by atoms with E-state index in [4.69, 9.17) is 9.52 Å². The number of rotatable bonds is 2. The number of fused-ring (bicyclic) bond motifs is 2. The summed E-state index contributed by atoms with van der Waals surface area (Å²) in [6.45, 7) is 4.01. The summed E-state index contributed by atoms with van der Waals surface area (Å²) in [6, 6.07) is 6.32. The van der Waals surface area contributed by atoms with Gasteiger partial charge in [-0.15, -0.1) is 0 Å². The first-order valence-electron chi connectivity index (χ1n) is 6.75. The summed E-state index contributed by atoms with van der Waals surface area (Å²) in [7, 11) is 0. The predicted octanol–water partition coefficient (Wildman–Crippen LogP) is 2.46. The Labute approximate surface area is 124 Å². The number of pyridine rings is 1. The number of aromatic nitrogens is 1. The molecule has 0 aliphatic carbocycles. The van der Waals surface area contributed by atoms with Gasteiger partial charge < -0.3 is 9.52 Å². The molecule has 2 N–H and O–H groups in total. The second-order valence-electron chi connectivity index (χ2n) is 5.40. The molecule has 3 rings (SSSR count). The number of H-pyrrole nitrogens is 1. The topological polar surface area (TPSA) is 100 Å². The standard InChI is InChI=1S/C16H13NO5/c1-7(2)8-3-4-12-9(5-8)13(18)10-6-11(16(20)21)14(19)17-15(10)22-12/h3-7H,1-2H3,(H,17,19)(H,20,21). The van der Waals surface area contributed by atoms with E-state index in [1.165, 1.54) is 0 Å². The Morgan fingerprint density at radius 2 is 1.91 bits per heavy atom. The van der Waals surface area contributed by atoms with Gasteiger partial charge in [0.1, 0.15) is 11.1 Å². The average molecular weight is 299 g/mol. The largest absolute Gasteiger partial charge is 0.477 e. The number of carboxylic acid groups (broad SMARTS) is 1. The van der Waals surface area contributed by atoms with Crippen LogP contribution < -0.4 is 11.0 Å². The Hall–Kier alpha value is -2.89. The molecule has 3 aromatic rings. The first kappa shape index (κ1) is 14.1. The van der Waals surface area contributed by atoms with Crippen LogP contribution in [-0.4, -0.2) is 16.1 Å². The summed E-state index contributed by atoms with van der Waals surface area (Å²) in [5, 5.41) is 9.40. The first-order valence-corrected chi connectivity index (χ1v) is 6.75. The van der Waals surface area contributed by atoms with Gasteiger partial charge in [-0.05, 0) is 29.7 Å². The lowest BCUT2D eigenvalue weighted by atomic mass is 10.0. The number of hydrogen-bond acceptors (Lipinski definition) is 4. The van der Waals surface area contributed by atoms with Crippen LogP contribution in [0.15, 0.2) is 38.3 Å². The van der Waals surface area contributed by atoms with Crippen molar-refractivity contribution in [1.82, 2.24) is 4.98 Å². The van der Waals surface area contributed by atoms with Crippen molar-refractivity contribution in [1.29, 1.82) is 0 Å². The fourth-order valence-corrected chi connectivity index (χ4v) is 2.35. The van der Waals surface area contributed by atoms with Gasteiger partial charge in [-0.25, -0.2) is 4.79 Å². The molecule has 22 heavy (non-hydrogen) atoms. The molecule has 0 spiro atoms. The number of aromatic amines is 1. The smallest absolute Gasteiger partial charge is 0.341 e. The summed E-state index contributed by atoms with van der Waals surface area (Å²) < 4.78 is 5.53. The Morgan fingerprint density at radius 3 is 2.55 bits per heavy atom. The Morgan fingerprint density at radius 1 is 1.18 bits per heavy atom. The molecular weight excluding hydrogens is 286 g/mol. The molecule has 0 aliphatic rings. The second kappa shape index (κ2) is 4.84. The Balaban J connectivity index is 2.45. The summed E-state index contributed by atoms with van der Waals surface area (Å²) in [6.07, 6.45) is 0. The van der Waals surface area contributed by atoms with Gasteiger partial charge in [-0.1, -0.05) is 19.9 Å². The van der Waals surface area contributed by atoms with Crippen LogP contribution in [0.3, 0.4) is 0 Å². The lowest BCUT2D eigenvalue weighted by molar-refractivity contribution is 0.0695. The van der Waals surface area contributed by atoms with Gasteiger partial charge in [0, 0.05) is 0 Å². The van der Waals surface area contributed by atoms with E-state index in [9.17, 15) is 14.4 Å². The van der Waals surface area contributed by atoms with Crippen molar-refractivity contribution in [2.24, 2.45) is 0 Å². The maximum Gasteiger partial charge on any atom is 0.341 e. The average Bonchev–Trinajstić information content (AvgIpc) is 2.46. The molecular formula is C16H13NO5. The molecule has 0 amide bonds. The number of nitrogens with one attached hydrogen (secondary N) is 1. The molecule has 0 radical (unpaired) electrons. The van der Waals surface area contributed by atoms with Crippen molar-refractivity contribution in [3.63, 3.8) is 0 Å². The molecule has 6 heteroatoms. The zero-order valence-corrected chi connectivity index (χ0v) is 12.0. The quantitative estimate of drug-likeness (QED) is 0.708. The number of carboxylic acids is 1. The third-order valence-electron chi connectivity index (χ3n) is 3.61. The van der Waals surface area contributed by atoms with Crippen molar-refractivity contribution in [3.05, 3.63) is 56.0 Å². The van der Waals surface area contributed by atoms with Gasteiger partial charge in [0.05, 0.1) is 10.8 Å². The van der Waals surface area contributed by atoms with Crippen LogP contribution >= 0.6 is 0 Å². The third-order valence-corrected chi connectivity index (χ3v) is 3.61. The van der Waals surface area contributed by atoms with Gasteiger partial charge in [0.2, 0.25) is 11.1 Å². The molecule has 0 bridgehead atoms. The lowest BCUT2D eigenvalue weighted by Gasteiger charge is -2.07. The van der Waals surface area contributed by atoms with E-state index in [1.54, 1.807) is 12.1 Å². The highest BCUT2D eigenvalue weighted by Gasteiger charge is 2.15. The fourth-order valence-electron chi connectivity index (χ4n) is 2.35. The predicted molar refractivity (Wildman–Crippen MR) is 81.7 cm³/mol. The first-order chi connectivity index (χ1) is 10.4. The minimum absolute atomic E-state index is 0.0233. The van der Waals surface area contributed by atoms with Crippen LogP contribution in [0.2, 0.25) is 0 Å². The van der Waals surface area contributed by atoms with E-state index in [1.807, 2.05) is 19.9 Å². The SMILES string of the molecule is CC(C)c1ccc2oc3[nH]c(=O)c(C(=O)O)cc3c(=O)c2c1. The van der Waals surface area contributed by atoms with Gasteiger partial charge in [0.15, 0.2) is 0 Å². The van der Waals surface area contributed by atoms with Gasteiger partial charge >= 0.3 is 5.97 Å². The number of hydrogen-bond donors (Lipinski definition) is 2. The van der Waals surface area contributed by atoms with E-state index in [2.05, 4.69) is 4.98 Å². The van der Waals surface area contributed by atoms with Crippen molar-refractivity contribution >= 4 is 28.0 Å². The van der Waals surface area contributed by atoms with Crippen LogP contribution in [0.5, 0.6) is 0 Å². The second-order valence-corrected chi connectivity index (χ2v) is 5.40. The zero-order chi connectivity index (χ0) is 16.0. The summed E-state index contributed by atoms with van der Waals surface area (Å²) >= 11 is 0. The maximum absolute atomic E-state index is 12.6. The van der Waals surface area contributed by atoms with E-state index in [-0.39, 0.29) is 22.4 Å². The summed E-state index contributed by atoms with van der Waals surface area (Å²) in [5.41, 5.74) is -0.356. The highest BCUT2D eigenvalue weighted by molar-refractivity contribution is 5.94. The third kappa shape index (κ3) is 2.09. The molecule has 0 saturated heterocycles. The molecule has 0 aliphatic heterocycles. The zero-order valence-electron chi connectivity index (χ0n) is 12.0. The molecule has 112 valence electrons. The van der Waals surface area contributed by atoms with Crippen LogP contribution in [-0.2, 0) is 0 Å². The minimum atomic E-state index is -1.39. The van der Waals surface area contributed by atoms with Crippen LogP contribution in [0.4, 0.5) is 0 Å². The highest BCUT2D eigenvalue weighted by Crippen LogP contribution is 2.22. The molecule has 0 unspecified atom stereocenters. The van der Waals surface area contributed by atoms with Gasteiger partial charge in [-0.3, -0.25) is 14.6 Å². The van der Waals surface area contributed by atoms with Crippen LogP contribution in [0.25, 0.3) is 22.1 Å². The van der Waals surface area contributed by atoms with E-state index in [0.29, 0.717) is 11.0 Å². The molecule has 2 aromatic heterocycles. The molecule has 0 saturated carbocycles. The number of benzene rings is 1. The van der Waals surface area contributed by atoms with Gasteiger partial charge in [0.25, 0.3) is 5.56 Å². The van der Waals surface area contributed by atoms with Crippen molar-refractivity contribution < 1.29 is 14.3 Å². The molecule has 6 nitrogen and oxygen atoms in total. The summed E-state index contributed by atoms with van der Waals surface area (Å²) in [5.74, 6) is -1.15. The Bertz CT molecular complexity index is 1030. The highest BCUT2D eigenvalue weighted by atomic mass is 16.4. The fraction of sp³-hybridized carbons (Fsp3) is 0.188.